The van der Waals surface area contributed by atoms with Gasteiger partial charge in [-0.05, 0) is 24.3 Å². The molecule has 2 aromatic rings. The van der Waals surface area contributed by atoms with E-state index in [1.807, 2.05) is 0 Å². The Labute approximate surface area is 137 Å². The minimum Gasteiger partial charge on any atom is -0.478 e. The quantitative estimate of drug-likeness (QED) is 0.718. The summed E-state index contributed by atoms with van der Waals surface area (Å²) < 4.78 is 38.3. The van der Waals surface area contributed by atoms with Crippen LogP contribution < -0.4 is 0 Å². The molecule has 0 spiro atoms. The van der Waals surface area contributed by atoms with Gasteiger partial charge in [0.2, 0.25) is 0 Å². The van der Waals surface area contributed by atoms with Gasteiger partial charge < -0.3 is 5.11 Å². The highest BCUT2D eigenvalue weighted by atomic mass is 35.5. The van der Waals surface area contributed by atoms with Crippen molar-refractivity contribution in [2.24, 2.45) is 0 Å². The Bertz CT molecular complexity index is 740. The lowest BCUT2D eigenvalue weighted by Crippen LogP contribution is -2.11. The minimum atomic E-state index is -4.72. The SMILES string of the molecule is O=C(O)c1ccc(C(F)(F)F)nc1-c1cc(Cl)c(Cl)c(Cl)c1. The van der Waals surface area contributed by atoms with E-state index in [1.165, 1.54) is 12.1 Å². The maximum absolute atomic E-state index is 12.8. The third kappa shape index (κ3) is 3.29. The molecule has 0 saturated heterocycles. The number of hydrogen-bond acceptors (Lipinski definition) is 2. The number of aromatic nitrogens is 1. The number of carboxylic acid groups (broad SMARTS) is 1. The van der Waals surface area contributed by atoms with Gasteiger partial charge in [0, 0.05) is 5.56 Å². The van der Waals surface area contributed by atoms with Gasteiger partial charge >= 0.3 is 12.1 Å². The number of carbonyl (C=O) groups is 1. The first-order valence-electron chi connectivity index (χ1n) is 5.57. The third-order valence-electron chi connectivity index (χ3n) is 2.67. The van der Waals surface area contributed by atoms with E-state index in [4.69, 9.17) is 39.9 Å². The highest BCUT2D eigenvalue weighted by molar-refractivity contribution is 6.48. The molecule has 1 aromatic carbocycles. The fraction of sp³-hybridized carbons (Fsp3) is 0.0769. The van der Waals surface area contributed by atoms with Gasteiger partial charge in [-0.2, -0.15) is 13.2 Å². The van der Waals surface area contributed by atoms with Crippen molar-refractivity contribution in [2.45, 2.75) is 6.18 Å². The second-order valence-electron chi connectivity index (χ2n) is 4.15. The van der Waals surface area contributed by atoms with Crippen LogP contribution in [0.2, 0.25) is 15.1 Å². The van der Waals surface area contributed by atoms with E-state index in [2.05, 4.69) is 4.98 Å². The highest BCUT2D eigenvalue weighted by Gasteiger charge is 2.33. The summed E-state index contributed by atoms with van der Waals surface area (Å²) in [5, 5.41) is 9.05. The summed E-state index contributed by atoms with van der Waals surface area (Å²) in [5.41, 5.74) is -2.03. The minimum absolute atomic E-state index is 0.0101. The first kappa shape index (κ1) is 16.9. The molecular formula is C13H5Cl3F3NO2. The molecule has 3 nitrogen and oxygen atoms in total. The lowest BCUT2D eigenvalue weighted by Gasteiger charge is -2.12. The van der Waals surface area contributed by atoms with Crippen LogP contribution in [0, 0.1) is 0 Å². The van der Waals surface area contributed by atoms with Crippen LogP contribution >= 0.6 is 34.8 Å². The van der Waals surface area contributed by atoms with Crippen molar-refractivity contribution in [3.8, 4) is 11.3 Å². The van der Waals surface area contributed by atoms with Crippen LogP contribution in [-0.4, -0.2) is 16.1 Å². The van der Waals surface area contributed by atoms with Gasteiger partial charge in [-0.3, -0.25) is 0 Å². The summed E-state index contributed by atoms with van der Waals surface area (Å²) in [6.07, 6.45) is -4.72. The number of hydrogen-bond donors (Lipinski definition) is 1. The Hall–Kier alpha value is -1.50. The van der Waals surface area contributed by atoms with E-state index in [1.54, 1.807) is 0 Å². The zero-order valence-corrected chi connectivity index (χ0v) is 12.6. The number of benzene rings is 1. The van der Waals surface area contributed by atoms with Gasteiger partial charge in [-0.1, -0.05) is 34.8 Å². The van der Waals surface area contributed by atoms with E-state index in [-0.39, 0.29) is 20.6 Å². The number of aromatic carboxylic acids is 1. The van der Waals surface area contributed by atoms with Crippen LogP contribution in [0.1, 0.15) is 16.1 Å². The number of nitrogens with zero attached hydrogens (tertiary/aromatic N) is 1. The van der Waals surface area contributed by atoms with Crippen molar-refractivity contribution >= 4 is 40.8 Å². The molecule has 0 saturated carbocycles. The lowest BCUT2D eigenvalue weighted by atomic mass is 10.0. The van der Waals surface area contributed by atoms with Gasteiger partial charge in [-0.25, -0.2) is 9.78 Å². The summed E-state index contributed by atoms with van der Waals surface area (Å²) in [4.78, 5) is 14.6. The zero-order chi connectivity index (χ0) is 16.7. The van der Waals surface area contributed by atoms with Crippen LogP contribution in [0.15, 0.2) is 24.3 Å². The molecule has 0 bridgehead atoms. The van der Waals surface area contributed by atoms with E-state index in [0.29, 0.717) is 6.07 Å². The fourth-order valence-corrected chi connectivity index (χ4v) is 2.30. The molecule has 1 aromatic heterocycles. The van der Waals surface area contributed by atoms with Crippen molar-refractivity contribution in [1.82, 2.24) is 4.98 Å². The van der Waals surface area contributed by atoms with Crippen molar-refractivity contribution < 1.29 is 23.1 Å². The smallest absolute Gasteiger partial charge is 0.433 e. The number of carboxylic acids is 1. The number of alkyl halides is 3. The Morgan fingerprint density at radius 3 is 2.09 bits per heavy atom. The van der Waals surface area contributed by atoms with E-state index in [0.717, 1.165) is 6.07 Å². The number of rotatable bonds is 2. The summed E-state index contributed by atoms with van der Waals surface area (Å²) in [7, 11) is 0. The molecule has 116 valence electrons. The summed E-state index contributed by atoms with van der Waals surface area (Å²) >= 11 is 17.4. The van der Waals surface area contributed by atoms with Gasteiger partial charge in [0.05, 0.1) is 26.3 Å². The first-order chi connectivity index (χ1) is 10.1. The normalized spacial score (nSPS) is 11.5. The van der Waals surface area contributed by atoms with Gasteiger partial charge in [0.15, 0.2) is 0 Å². The van der Waals surface area contributed by atoms with E-state index in [9.17, 15) is 18.0 Å². The largest absolute Gasteiger partial charge is 0.478 e. The molecule has 2 rings (SSSR count). The van der Waals surface area contributed by atoms with E-state index >= 15 is 0 Å². The molecule has 9 heteroatoms. The maximum atomic E-state index is 12.8. The standard InChI is InChI=1S/C13H5Cl3F3NO2/c14-7-3-5(4-8(15)10(7)16)11-6(12(21)22)1-2-9(20-11)13(17,18)19/h1-4H,(H,21,22). The van der Waals surface area contributed by atoms with Crippen molar-refractivity contribution in [3.05, 3.63) is 50.6 Å². The Balaban J connectivity index is 2.74. The Kier molecular flexibility index (Phi) is 4.56. The molecule has 0 amide bonds. The highest BCUT2D eigenvalue weighted by Crippen LogP contribution is 2.37. The number of halogens is 6. The molecule has 0 aliphatic heterocycles. The Morgan fingerprint density at radius 2 is 1.64 bits per heavy atom. The molecule has 1 N–H and O–H groups in total. The van der Waals surface area contributed by atoms with Crippen LogP contribution in [0.4, 0.5) is 13.2 Å². The molecule has 0 aliphatic rings. The third-order valence-corrected chi connectivity index (χ3v) is 3.87. The second kappa shape index (κ2) is 5.95. The van der Waals surface area contributed by atoms with Crippen LogP contribution in [0.25, 0.3) is 11.3 Å². The fourth-order valence-electron chi connectivity index (χ4n) is 1.70. The van der Waals surface area contributed by atoms with Gasteiger partial charge in [0.1, 0.15) is 5.69 Å². The monoisotopic (exact) mass is 369 g/mol. The van der Waals surface area contributed by atoms with Crippen molar-refractivity contribution in [1.29, 1.82) is 0 Å². The van der Waals surface area contributed by atoms with Crippen molar-refractivity contribution in [2.75, 3.05) is 0 Å². The molecule has 22 heavy (non-hydrogen) atoms. The molecular weight excluding hydrogens is 366 g/mol. The van der Waals surface area contributed by atoms with Crippen molar-refractivity contribution in [3.63, 3.8) is 0 Å². The maximum Gasteiger partial charge on any atom is 0.433 e. The topological polar surface area (TPSA) is 50.2 Å². The average Bonchev–Trinajstić information content (AvgIpc) is 2.42. The summed E-state index contributed by atoms with van der Waals surface area (Å²) in [6.45, 7) is 0. The molecule has 0 radical (unpaired) electrons. The lowest BCUT2D eigenvalue weighted by molar-refractivity contribution is -0.141. The molecule has 1 heterocycles. The van der Waals surface area contributed by atoms with Crippen LogP contribution in [-0.2, 0) is 6.18 Å². The van der Waals surface area contributed by atoms with Crippen LogP contribution in [0.3, 0.4) is 0 Å². The number of pyridine rings is 1. The average molecular weight is 371 g/mol. The molecule has 0 unspecified atom stereocenters. The van der Waals surface area contributed by atoms with Crippen LogP contribution in [0.5, 0.6) is 0 Å². The Morgan fingerprint density at radius 1 is 1.09 bits per heavy atom. The predicted octanol–water partition coefficient (Wildman–Crippen LogP) is 5.43. The van der Waals surface area contributed by atoms with Gasteiger partial charge in [0.25, 0.3) is 0 Å². The summed E-state index contributed by atoms with van der Waals surface area (Å²) in [5.74, 6) is -1.43. The zero-order valence-electron chi connectivity index (χ0n) is 10.4. The first-order valence-corrected chi connectivity index (χ1v) is 6.71. The van der Waals surface area contributed by atoms with Gasteiger partial charge in [-0.15, -0.1) is 0 Å². The molecule has 0 fully saturated rings. The molecule has 0 aliphatic carbocycles. The second-order valence-corrected chi connectivity index (χ2v) is 5.34. The summed E-state index contributed by atoms with van der Waals surface area (Å²) in [6, 6.07) is 3.81. The van der Waals surface area contributed by atoms with E-state index < -0.39 is 29.1 Å². The molecule has 0 atom stereocenters. The predicted molar refractivity (Wildman–Crippen MR) is 76.7 cm³/mol.